The topological polar surface area (TPSA) is 86.7 Å². The van der Waals surface area contributed by atoms with E-state index in [2.05, 4.69) is 11.9 Å². The minimum atomic E-state index is -1.09. The van der Waals surface area contributed by atoms with Crippen molar-refractivity contribution in [1.82, 2.24) is 5.32 Å². The van der Waals surface area contributed by atoms with Crippen molar-refractivity contribution in [3.8, 4) is 0 Å². The van der Waals surface area contributed by atoms with Gasteiger partial charge in [-0.05, 0) is 24.6 Å². The number of urea groups is 1. The maximum Gasteiger partial charge on any atom is 0.335 e. The number of anilines is 1. The second kappa shape index (κ2) is 4.93. The monoisotopic (exact) mass is 260 g/mol. The average Bonchev–Trinajstić information content (AvgIpc) is 2.65. The second-order valence-electron chi connectivity index (χ2n) is 4.06. The van der Waals surface area contributed by atoms with Gasteiger partial charge in [0.2, 0.25) is 0 Å². The van der Waals surface area contributed by atoms with E-state index in [1.807, 2.05) is 0 Å². The Morgan fingerprint density at radius 1 is 1.47 bits per heavy atom. The van der Waals surface area contributed by atoms with Gasteiger partial charge in [-0.3, -0.25) is 15.0 Å². The van der Waals surface area contributed by atoms with Crippen molar-refractivity contribution in [2.45, 2.75) is 12.5 Å². The molecular weight excluding hydrogens is 248 g/mol. The summed E-state index contributed by atoms with van der Waals surface area (Å²) in [5.74, 6) is -1.50. The lowest BCUT2D eigenvalue weighted by molar-refractivity contribution is -0.119. The molecule has 6 heteroatoms. The number of hydrogen-bond acceptors (Lipinski definition) is 3. The second-order valence-corrected chi connectivity index (χ2v) is 4.06. The Labute approximate surface area is 109 Å². The van der Waals surface area contributed by atoms with Crippen LogP contribution in [0, 0.1) is 0 Å². The van der Waals surface area contributed by atoms with Crippen LogP contribution in [0.5, 0.6) is 0 Å². The van der Waals surface area contributed by atoms with E-state index in [9.17, 15) is 14.4 Å². The molecule has 1 aromatic rings. The molecule has 1 atom stereocenters. The molecule has 0 aliphatic carbocycles. The van der Waals surface area contributed by atoms with Crippen molar-refractivity contribution in [2.24, 2.45) is 0 Å². The van der Waals surface area contributed by atoms with Gasteiger partial charge in [-0.25, -0.2) is 9.59 Å². The highest BCUT2D eigenvalue weighted by atomic mass is 16.4. The first-order valence-electron chi connectivity index (χ1n) is 5.63. The first kappa shape index (κ1) is 12.8. The SMILES string of the molecule is C=CCC1C(=O)NC(=O)N1c1cccc(C(=O)O)c1. The molecule has 0 bridgehead atoms. The molecule has 0 aromatic heterocycles. The lowest BCUT2D eigenvalue weighted by atomic mass is 10.1. The van der Waals surface area contributed by atoms with Crippen LogP contribution in [0.2, 0.25) is 0 Å². The molecule has 19 heavy (non-hydrogen) atoms. The first-order valence-corrected chi connectivity index (χ1v) is 5.63. The van der Waals surface area contributed by atoms with E-state index in [4.69, 9.17) is 5.11 Å². The fourth-order valence-corrected chi connectivity index (χ4v) is 1.96. The van der Waals surface area contributed by atoms with Crippen molar-refractivity contribution < 1.29 is 19.5 Å². The summed E-state index contributed by atoms with van der Waals surface area (Å²) in [6.07, 6.45) is 1.84. The summed E-state index contributed by atoms with van der Waals surface area (Å²) in [7, 11) is 0. The van der Waals surface area contributed by atoms with E-state index < -0.39 is 23.9 Å². The van der Waals surface area contributed by atoms with Gasteiger partial charge < -0.3 is 5.11 Å². The molecule has 1 aliphatic heterocycles. The van der Waals surface area contributed by atoms with E-state index in [0.717, 1.165) is 0 Å². The molecule has 1 aliphatic rings. The molecule has 1 unspecified atom stereocenters. The number of carbonyl (C=O) groups is 3. The highest BCUT2D eigenvalue weighted by molar-refractivity contribution is 6.14. The number of benzene rings is 1. The third kappa shape index (κ3) is 2.33. The van der Waals surface area contributed by atoms with Gasteiger partial charge in [0.15, 0.2) is 0 Å². The van der Waals surface area contributed by atoms with E-state index in [1.54, 1.807) is 6.07 Å². The molecule has 1 heterocycles. The predicted molar refractivity (Wildman–Crippen MR) is 68.0 cm³/mol. The van der Waals surface area contributed by atoms with Crippen molar-refractivity contribution in [3.63, 3.8) is 0 Å². The van der Waals surface area contributed by atoms with Crippen LogP contribution in [0.15, 0.2) is 36.9 Å². The van der Waals surface area contributed by atoms with Crippen LogP contribution in [0.1, 0.15) is 16.8 Å². The highest BCUT2D eigenvalue weighted by Crippen LogP contribution is 2.24. The number of nitrogens with one attached hydrogen (secondary N) is 1. The van der Waals surface area contributed by atoms with Gasteiger partial charge in [-0.2, -0.15) is 0 Å². The molecule has 3 amide bonds. The van der Waals surface area contributed by atoms with Gasteiger partial charge in [0, 0.05) is 5.69 Å². The average molecular weight is 260 g/mol. The van der Waals surface area contributed by atoms with Crippen molar-refractivity contribution in [3.05, 3.63) is 42.5 Å². The Morgan fingerprint density at radius 2 is 2.21 bits per heavy atom. The number of carboxylic acid groups (broad SMARTS) is 1. The van der Waals surface area contributed by atoms with Crippen LogP contribution in [0.4, 0.5) is 10.5 Å². The van der Waals surface area contributed by atoms with Crippen LogP contribution in [-0.4, -0.2) is 29.1 Å². The van der Waals surface area contributed by atoms with Crippen LogP contribution >= 0.6 is 0 Å². The fourth-order valence-electron chi connectivity index (χ4n) is 1.96. The number of carbonyl (C=O) groups excluding carboxylic acids is 2. The smallest absolute Gasteiger partial charge is 0.335 e. The zero-order chi connectivity index (χ0) is 14.0. The van der Waals surface area contributed by atoms with Crippen LogP contribution in [0.3, 0.4) is 0 Å². The number of nitrogens with zero attached hydrogens (tertiary/aromatic N) is 1. The molecule has 1 aromatic carbocycles. The van der Waals surface area contributed by atoms with E-state index in [-0.39, 0.29) is 5.56 Å². The van der Waals surface area contributed by atoms with E-state index in [0.29, 0.717) is 12.1 Å². The van der Waals surface area contributed by atoms with Crippen LogP contribution < -0.4 is 10.2 Å². The normalized spacial score (nSPS) is 18.3. The largest absolute Gasteiger partial charge is 0.478 e. The first-order chi connectivity index (χ1) is 9.04. The van der Waals surface area contributed by atoms with Gasteiger partial charge in [-0.1, -0.05) is 12.1 Å². The molecule has 98 valence electrons. The summed E-state index contributed by atoms with van der Waals surface area (Å²) in [4.78, 5) is 35.6. The maximum atomic E-state index is 11.8. The zero-order valence-electron chi connectivity index (χ0n) is 10.00. The number of carboxylic acids is 1. The summed E-state index contributed by atoms with van der Waals surface area (Å²) in [6, 6.07) is 4.65. The third-order valence-electron chi connectivity index (χ3n) is 2.82. The summed E-state index contributed by atoms with van der Waals surface area (Å²) in [5, 5.41) is 11.1. The Kier molecular flexibility index (Phi) is 3.33. The zero-order valence-corrected chi connectivity index (χ0v) is 10.00. The molecular formula is C13H12N2O4. The number of hydrogen-bond donors (Lipinski definition) is 2. The molecule has 2 rings (SSSR count). The van der Waals surface area contributed by atoms with Gasteiger partial charge in [-0.15, -0.1) is 6.58 Å². The number of rotatable bonds is 4. The number of aromatic carboxylic acids is 1. The van der Waals surface area contributed by atoms with E-state index in [1.165, 1.54) is 29.2 Å². The minimum absolute atomic E-state index is 0.0574. The number of amides is 3. The quantitative estimate of drug-likeness (QED) is 0.632. The minimum Gasteiger partial charge on any atom is -0.478 e. The van der Waals surface area contributed by atoms with Crippen molar-refractivity contribution >= 4 is 23.6 Å². The number of imide groups is 1. The Bertz CT molecular complexity index is 568. The fraction of sp³-hybridized carbons (Fsp3) is 0.154. The summed E-state index contributed by atoms with van der Waals surface area (Å²) in [5.41, 5.74) is 0.428. The van der Waals surface area contributed by atoms with Gasteiger partial charge in [0.25, 0.3) is 5.91 Å². The molecule has 6 nitrogen and oxygen atoms in total. The summed E-state index contributed by atoms with van der Waals surface area (Å²) < 4.78 is 0. The van der Waals surface area contributed by atoms with Crippen molar-refractivity contribution in [1.29, 1.82) is 0 Å². The Morgan fingerprint density at radius 3 is 2.84 bits per heavy atom. The van der Waals surface area contributed by atoms with E-state index >= 15 is 0 Å². The van der Waals surface area contributed by atoms with Crippen LogP contribution in [-0.2, 0) is 4.79 Å². The molecule has 2 N–H and O–H groups in total. The lowest BCUT2D eigenvalue weighted by Gasteiger charge is -2.20. The summed E-state index contributed by atoms with van der Waals surface area (Å²) in [6.45, 7) is 3.55. The molecule has 1 saturated heterocycles. The van der Waals surface area contributed by atoms with Crippen molar-refractivity contribution in [2.75, 3.05) is 4.90 Å². The molecule has 0 radical (unpaired) electrons. The maximum absolute atomic E-state index is 11.8. The summed E-state index contributed by atoms with van der Waals surface area (Å²) >= 11 is 0. The van der Waals surface area contributed by atoms with Gasteiger partial charge >= 0.3 is 12.0 Å². The highest BCUT2D eigenvalue weighted by Gasteiger charge is 2.38. The van der Waals surface area contributed by atoms with Gasteiger partial charge in [0.05, 0.1) is 5.56 Å². The van der Waals surface area contributed by atoms with Gasteiger partial charge in [0.1, 0.15) is 6.04 Å². The molecule has 0 spiro atoms. The Balaban J connectivity index is 2.40. The standard InChI is InChI=1S/C13H12N2O4/c1-2-4-10-11(16)14-13(19)15(10)9-6-3-5-8(7-9)12(17)18/h2-3,5-7,10H,1,4H2,(H,17,18)(H,14,16,19). The molecule has 1 fully saturated rings. The lowest BCUT2D eigenvalue weighted by Crippen LogP contribution is -2.34. The predicted octanol–water partition coefficient (Wildman–Crippen LogP) is 1.39. The third-order valence-corrected chi connectivity index (χ3v) is 2.82. The Hall–Kier alpha value is -2.63. The molecule has 0 saturated carbocycles. The van der Waals surface area contributed by atoms with Crippen LogP contribution in [0.25, 0.3) is 0 Å².